The largest absolute Gasteiger partial charge is 0.392 e. The van der Waals surface area contributed by atoms with Crippen molar-refractivity contribution in [2.75, 3.05) is 19.7 Å². The maximum atomic E-state index is 9.64. The third-order valence-corrected chi connectivity index (χ3v) is 4.05. The molecule has 1 heterocycles. The van der Waals surface area contributed by atoms with Crippen molar-refractivity contribution in [3.05, 3.63) is 0 Å². The van der Waals surface area contributed by atoms with Gasteiger partial charge in [-0.3, -0.25) is 4.90 Å². The van der Waals surface area contributed by atoms with E-state index in [2.05, 4.69) is 4.90 Å². The van der Waals surface area contributed by atoms with Gasteiger partial charge < -0.3 is 9.84 Å². The second-order valence-electron chi connectivity index (χ2n) is 5.73. The fourth-order valence-corrected chi connectivity index (χ4v) is 3.21. The van der Waals surface area contributed by atoms with Gasteiger partial charge in [-0.2, -0.15) is 0 Å². The van der Waals surface area contributed by atoms with Crippen molar-refractivity contribution in [1.82, 2.24) is 4.90 Å². The lowest BCUT2D eigenvalue weighted by atomic mass is 9.93. The van der Waals surface area contributed by atoms with Crippen molar-refractivity contribution >= 4 is 0 Å². The van der Waals surface area contributed by atoms with E-state index in [9.17, 15) is 5.11 Å². The standard InChI is InChI=1S/C14H27NO2/c1-12(16)10-15(11-14-8-5-9-17-14)13-6-3-2-4-7-13/h12-14,16H,2-11H2,1H3. The molecule has 2 atom stereocenters. The summed E-state index contributed by atoms with van der Waals surface area (Å²) in [7, 11) is 0. The minimum absolute atomic E-state index is 0.224. The van der Waals surface area contributed by atoms with Crippen LogP contribution in [0.15, 0.2) is 0 Å². The highest BCUT2D eigenvalue weighted by Gasteiger charge is 2.26. The van der Waals surface area contributed by atoms with E-state index in [0.29, 0.717) is 12.1 Å². The summed E-state index contributed by atoms with van der Waals surface area (Å²) in [4.78, 5) is 2.49. The van der Waals surface area contributed by atoms with Gasteiger partial charge in [-0.05, 0) is 32.6 Å². The number of ether oxygens (including phenoxy) is 1. The lowest BCUT2D eigenvalue weighted by molar-refractivity contribution is 0.0257. The van der Waals surface area contributed by atoms with Crippen LogP contribution in [-0.4, -0.2) is 48.0 Å². The summed E-state index contributed by atoms with van der Waals surface area (Å²) in [5.41, 5.74) is 0. The minimum Gasteiger partial charge on any atom is -0.392 e. The van der Waals surface area contributed by atoms with E-state index in [4.69, 9.17) is 4.74 Å². The normalized spacial score (nSPS) is 28.8. The van der Waals surface area contributed by atoms with Gasteiger partial charge in [0.1, 0.15) is 0 Å². The average molecular weight is 241 g/mol. The molecule has 2 aliphatic rings. The lowest BCUT2D eigenvalue weighted by Crippen LogP contribution is -2.44. The molecule has 3 heteroatoms. The van der Waals surface area contributed by atoms with Crippen molar-refractivity contribution in [1.29, 1.82) is 0 Å². The molecule has 1 saturated heterocycles. The Morgan fingerprint density at radius 3 is 2.53 bits per heavy atom. The Morgan fingerprint density at radius 2 is 1.94 bits per heavy atom. The Morgan fingerprint density at radius 1 is 1.18 bits per heavy atom. The van der Waals surface area contributed by atoms with Gasteiger partial charge in [0.2, 0.25) is 0 Å². The highest BCUT2D eigenvalue weighted by molar-refractivity contribution is 4.80. The monoisotopic (exact) mass is 241 g/mol. The fraction of sp³-hybridized carbons (Fsp3) is 1.00. The number of nitrogens with zero attached hydrogens (tertiary/aromatic N) is 1. The number of hydrogen-bond acceptors (Lipinski definition) is 3. The molecule has 1 aliphatic heterocycles. The molecular formula is C14H27NO2. The van der Waals surface area contributed by atoms with Crippen LogP contribution >= 0.6 is 0 Å². The molecule has 0 aromatic heterocycles. The molecule has 0 aromatic carbocycles. The Labute approximate surface area is 105 Å². The van der Waals surface area contributed by atoms with E-state index < -0.39 is 0 Å². The summed E-state index contributed by atoms with van der Waals surface area (Å²) < 4.78 is 5.73. The van der Waals surface area contributed by atoms with Crippen LogP contribution in [0.3, 0.4) is 0 Å². The molecule has 1 saturated carbocycles. The van der Waals surface area contributed by atoms with E-state index in [1.807, 2.05) is 6.92 Å². The first-order valence-electron chi connectivity index (χ1n) is 7.29. The predicted molar refractivity (Wildman–Crippen MR) is 69.1 cm³/mol. The summed E-state index contributed by atoms with van der Waals surface area (Å²) in [6.45, 7) is 4.66. The van der Waals surface area contributed by atoms with Gasteiger partial charge in [-0.15, -0.1) is 0 Å². The van der Waals surface area contributed by atoms with Crippen LogP contribution in [0.2, 0.25) is 0 Å². The van der Waals surface area contributed by atoms with Crippen LogP contribution in [0.25, 0.3) is 0 Å². The van der Waals surface area contributed by atoms with Gasteiger partial charge in [-0.25, -0.2) is 0 Å². The third kappa shape index (κ3) is 4.23. The summed E-state index contributed by atoms with van der Waals surface area (Å²) >= 11 is 0. The fourth-order valence-electron chi connectivity index (χ4n) is 3.21. The molecule has 2 unspecified atom stereocenters. The van der Waals surface area contributed by atoms with Gasteiger partial charge in [-0.1, -0.05) is 19.3 Å². The van der Waals surface area contributed by atoms with Crippen LogP contribution in [0.1, 0.15) is 51.9 Å². The Balaban J connectivity index is 1.86. The van der Waals surface area contributed by atoms with Crippen molar-refractivity contribution in [2.24, 2.45) is 0 Å². The average Bonchev–Trinajstić information content (AvgIpc) is 2.82. The topological polar surface area (TPSA) is 32.7 Å². The molecule has 0 amide bonds. The Bertz CT molecular complexity index is 208. The summed E-state index contributed by atoms with van der Waals surface area (Å²) in [6.07, 6.45) is 9.30. The lowest BCUT2D eigenvalue weighted by Gasteiger charge is -2.36. The minimum atomic E-state index is -0.224. The van der Waals surface area contributed by atoms with Crippen LogP contribution in [0.4, 0.5) is 0 Å². The molecule has 1 aliphatic carbocycles. The van der Waals surface area contributed by atoms with Crippen molar-refractivity contribution in [2.45, 2.75) is 70.1 Å². The molecular weight excluding hydrogens is 214 g/mol. The smallest absolute Gasteiger partial charge is 0.0702 e. The van der Waals surface area contributed by atoms with E-state index in [0.717, 1.165) is 19.7 Å². The molecule has 3 nitrogen and oxygen atoms in total. The van der Waals surface area contributed by atoms with E-state index in [1.54, 1.807) is 0 Å². The zero-order valence-corrected chi connectivity index (χ0v) is 11.1. The molecule has 1 N–H and O–H groups in total. The first-order chi connectivity index (χ1) is 8.25. The maximum absolute atomic E-state index is 9.64. The second-order valence-corrected chi connectivity index (χ2v) is 5.73. The molecule has 0 bridgehead atoms. The Kier molecular flexibility index (Phi) is 5.26. The Hall–Kier alpha value is -0.120. The van der Waals surface area contributed by atoms with Crippen molar-refractivity contribution in [3.63, 3.8) is 0 Å². The summed E-state index contributed by atoms with van der Waals surface area (Å²) in [5.74, 6) is 0. The summed E-state index contributed by atoms with van der Waals surface area (Å²) in [5, 5.41) is 9.64. The maximum Gasteiger partial charge on any atom is 0.0702 e. The van der Waals surface area contributed by atoms with Crippen LogP contribution < -0.4 is 0 Å². The molecule has 2 rings (SSSR count). The molecule has 100 valence electrons. The number of aliphatic hydroxyl groups is 1. The highest BCUT2D eigenvalue weighted by atomic mass is 16.5. The summed E-state index contributed by atoms with van der Waals surface area (Å²) in [6, 6.07) is 0.683. The SMILES string of the molecule is CC(O)CN(CC1CCCO1)C1CCCCC1. The second kappa shape index (κ2) is 6.72. The quantitative estimate of drug-likeness (QED) is 0.801. The number of aliphatic hydroxyl groups excluding tert-OH is 1. The van der Waals surface area contributed by atoms with Crippen molar-refractivity contribution in [3.8, 4) is 0 Å². The van der Waals surface area contributed by atoms with Crippen LogP contribution in [-0.2, 0) is 4.74 Å². The predicted octanol–water partition coefficient (Wildman–Crippen LogP) is 2.18. The highest BCUT2D eigenvalue weighted by Crippen LogP contribution is 2.24. The first-order valence-corrected chi connectivity index (χ1v) is 7.29. The van der Waals surface area contributed by atoms with E-state index in [1.165, 1.54) is 44.9 Å². The van der Waals surface area contributed by atoms with Gasteiger partial charge in [0.15, 0.2) is 0 Å². The zero-order valence-electron chi connectivity index (χ0n) is 11.1. The van der Waals surface area contributed by atoms with E-state index >= 15 is 0 Å². The number of hydrogen-bond donors (Lipinski definition) is 1. The molecule has 0 radical (unpaired) electrons. The van der Waals surface area contributed by atoms with Gasteiger partial charge >= 0.3 is 0 Å². The van der Waals surface area contributed by atoms with Crippen LogP contribution in [0.5, 0.6) is 0 Å². The third-order valence-electron chi connectivity index (χ3n) is 4.05. The van der Waals surface area contributed by atoms with Crippen molar-refractivity contribution < 1.29 is 9.84 Å². The molecule has 0 spiro atoms. The van der Waals surface area contributed by atoms with Gasteiger partial charge in [0, 0.05) is 25.7 Å². The number of rotatable bonds is 5. The van der Waals surface area contributed by atoms with Gasteiger partial charge in [0.25, 0.3) is 0 Å². The first kappa shape index (κ1) is 13.3. The molecule has 0 aromatic rings. The molecule has 17 heavy (non-hydrogen) atoms. The van der Waals surface area contributed by atoms with E-state index in [-0.39, 0.29) is 6.10 Å². The zero-order chi connectivity index (χ0) is 12.1. The van der Waals surface area contributed by atoms with Gasteiger partial charge in [0.05, 0.1) is 12.2 Å². The molecule has 2 fully saturated rings. The van der Waals surface area contributed by atoms with Crippen LogP contribution in [0, 0.1) is 0 Å².